The number of urea groups is 1. The van der Waals surface area contributed by atoms with Gasteiger partial charge in [-0.05, 0) is 38.0 Å². The Labute approximate surface area is 212 Å². The van der Waals surface area contributed by atoms with Gasteiger partial charge in [-0.1, -0.05) is 12.1 Å². The van der Waals surface area contributed by atoms with Crippen molar-refractivity contribution in [2.24, 2.45) is 0 Å². The average molecular weight is 510 g/mol. The van der Waals surface area contributed by atoms with Gasteiger partial charge in [-0.15, -0.1) is 0 Å². The van der Waals surface area contributed by atoms with Gasteiger partial charge in [-0.25, -0.2) is 4.79 Å². The first-order valence-electron chi connectivity index (χ1n) is 12.5. The predicted molar refractivity (Wildman–Crippen MR) is 131 cm³/mol. The van der Waals surface area contributed by atoms with Crippen LogP contribution in [0, 0.1) is 0 Å². The Hall–Kier alpha value is -2.44. The van der Waals surface area contributed by atoms with Gasteiger partial charge < -0.3 is 44.3 Å². The molecule has 2 amide bonds. The Kier molecular flexibility index (Phi) is 11.2. The maximum Gasteiger partial charge on any atom is 0.317 e. The fourth-order valence-electron chi connectivity index (χ4n) is 3.76. The SMILES string of the molecule is CC1(C)OCC(COC(=O)CCc2ccc(OC[C@H](O)CNCCNC(=O)N3CCOCC3)cc2)O1. The van der Waals surface area contributed by atoms with Gasteiger partial charge in [0.25, 0.3) is 0 Å². The lowest BCUT2D eigenvalue weighted by Gasteiger charge is -2.27. The molecule has 0 saturated carbocycles. The zero-order valence-corrected chi connectivity index (χ0v) is 21.2. The lowest BCUT2D eigenvalue weighted by Crippen LogP contribution is -2.47. The van der Waals surface area contributed by atoms with Crippen LogP contribution in [0.2, 0.25) is 0 Å². The van der Waals surface area contributed by atoms with E-state index in [-0.39, 0.29) is 37.7 Å². The van der Waals surface area contributed by atoms with E-state index in [0.29, 0.717) is 64.7 Å². The van der Waals surface area contributed by atoms with Crippen molar-refractivity contribution in [2.45, 2.75) is 44.7 Å². The standard InChI is InChI=1S/C25H39N3O8/c1-25(2)35-18-22(36-25)17-34-23(30)8-5-19-3-6-21(7-4-19)33-16-20(29)15-26-9-10-27-24(31)28-11-13-32-14-12-28/h3-4,6-7,20,22,26,29H,5,8-18H2,1-2H3,(H,27,31)/t20-,22?/m1/s1. The van der Waals surface area contributed by atoms with Crippen molar-refractivity contribution < 1.29 is 38.4 Å². The lowest BCUT2D eigenvalue weighted by molar-refractivity contribution is -0.158. The first kappa shape index (κ1) is 28.1. The molecule has 2 heterocycles. The highest BCUT2D eigenvalue weighted by Crippen LogP contribution is 2.22. The number of aliphatic hydroxyl groups excluding tert-OH is 1. The molecule has 3 N–H and O–H groups in total. The Bertz CT molecular complexity index is 814. The minimum atomic E-state index is -0.686. The Morgan fingerprint density at radius 1 is 1.19 bits per heavy atom. The van der Waals surface area contributed by atoms with Crippen LogP contribution in [0.4, 0.5) is 4.79 Å². The summed E-state index contributed by atoms with van der Waals surface area (Å²) < 4.78 is 27.2. The van der Waals surface area contributed by atoms with E-state index in [1.807, 2.05) is 38.1 Å². The summed E-state index contributed by atoms with van der Waals surface area (Å²) in [6.07, 6.45) is -0.0863. The molecule has 36 heavy (non-hydrogen) atoms. The molecule has 2 aliphatic rings. The molecule has 0 aliphatic carbocycles. The number of carbonyl (C=O) groups is 2. The molecule has 1 aromatic rings. The quantitative estimate of drug-likeness (QED) is 0.260. The zero-order chi connectivity index (χ0) is 25.8. The molecule has 2 aliphatic heterocycles. The molecular weight excluding hydrogens is 470 g/mol. The molecule has 0 radical (unpaired) electrons. The minimum absolute atomic E-state index is 0.0952. The van der Waals surface area contributed by atoms with Gasteiger partial charge in [0.15, 0.2) is 5.79 Å². The number of morpholine rings is 1. The van der Waals surface area contributed by atoms with E-state index in [1.165, 1.54) is 0 Å². The van der Waals surface area contributed by atoms with Crippen LogP contribution in [0.5, 0.6) is 5.75 Å². The molecule has 202 valence electrons. The van der Waals surface area contributed by atoms with E-state index in [4.69, 9.17) is 23.7 Å². The number of rotatable bonds is 13. The number of benzene rings is 1. The van der Waals surface area contributed by atoms with E-state index in [2.05, 4.69) is 10.6 Å². The highest BCUT2D eigenvalue weighted by Gasteiger charge is 2.33. The number of nitrogens with one attached hydrogen (secondary N) is 2. The van der Waals surface area contributed by atoms with E-state index >= 15 is 0 Å². The highest BCUT2D eigenvalue weighted by atomic mass is 16.7. The molecule has 0 spiro atoms. The number of hydrogen-bond donors (Lipinski definition) is 3. The van der Waals surface area contributed by atoms with Gasteiger partial charge in [0.1, 0.15) is 31.2 Å². The summed E-state index contributed by atoms with van der Waals surface area (Å²) in [5, 5.41) is 16.1. The van der Waals surface area contributed by atoms with Crippen molar-refractivity contribution >= 4 is 12.0 Å². The molecule has 0 aromatic heterocycles. The van der Waals surface area contributed by atoms with Crippen molar-refractivity contribution in [3.63, 3.8) is 0 Å². The van der Waals surface area contributed by atoms with Gasteiger partial charge in [0.05, 0.1) is 19.8 Å². The van der Waals surface area contributed by atoms with Crippen molar-refractivity contribution in [3.8, 4) is 5.75 Å². The fraction of sp³-hybridized carbons (Fsp3) is 0.680. The van der Waals surface area contributed by atoms with Crippen LogP contribution >= 0.6 is 0 Å². The maximum atomic E-state index is 12.0. The van der Waals surface area contributed by atoms with Crippen LogP contribution in [0.25, 0.3) is 0 Å². The summed E-state index contributed by atoms with van der Waals surface area (Å²) in [7, 11) is 0. The second-order valence-corrected chi connectivity index (χ2v) is 9.28. The molecule has 11 heteroatoms. The molecule has 2 saturated heterocycles. The molecule has 1 aromatic carbocycles. The molecule has 2 atom stereocenters. The van der Waals surface area contributed by atoms with E-state index in [9.17, 15) is 14.7 Å². The van der Waals surface area contributed by atoms with Crippen LogP contribution in [-0.4, -0.2) is 106 Å². The third-order valence-corrected chi connectivity index (χ3v) is 5.74. The number of esters is 1. The van der Waals surface area contributed by atoms with Crippen molar-refractivity contribution in [1.29, 1.82) is 0 Å². The third kappa shape index (κ3) is 10.3. The molecular formula is C25H39N3O8. The largest absolute Gasteiger partial charge is 0.491 e. The Morgan fingerprint density at radius 2 is 1.94 bits per heavy atom. The molecule has 3 rings (SSSR count). The predicted octanol–water partition coefficient (Wildman–Crippen LogP) is 0.685. The van der Waals surface area contributed by atoms with E-state index < -0.39 is 11.9 Å². The third-order valence-electron chi connectivity index (χ3n) is 5.74. The summed E-state index contributed by atoms with van der Waals surface area (Å²) in [5.41, 5.74) is 0.988. The normalized spacial score (nSPS) is 20.1. The fourth-order valence-corrected chi connectivity index (χ4v) is 3.76. The number of aryl methyl sites for hydroxylation is 1. The number of ether oxygens (including phenoxy) is 5. The van der Waals surface area contributed by atoms with Crippen molar-refractivity contribution in [1.82, 2.24) is 15.5 Å². The van der Waals surface area contributed by atoms with E-state index in [0.717, 1.165) is 5.56 Å². The average Bonchev–Trinajstić information content (AvgIpc) is 3.24. The Balaban J connectivity index is 1.21. The summed E-state index contributed by atoms with van der Waals surface area (Å²) >= 11 is 0. The number of aliphatic hydroxyl groups is 1. The van der Waals surface area contributed by atoms with Crippen LogP contribution < -0.4 is 15.4 Å². The highest BCUT2D eigenvalue weighted by molar-refractivity contribution is 5.74. The second kappa shape index (κ2) is 14.3. The smallest absolute Gasteiger partial charge is 0.317 e. The lowest BCUT2D eigenvalue weighted by atomic mass is 10.1. The monoisotopic (exact) mass is 509 g/mol. The van der Waals surface area contributed by atoms with Gasteiger partial charge in [-0.2, -0.15) is 0 Å². The molecule has 2 fully saturated rings. The topological polar surface area (TPSA) is 128 Å². The second-order valence-electron chi connectivity index (χ2n) is 9.28. The summed E-state index contributed by atoms with van der Waals surface area (Å²) in [4.78, 5) is 25.7. The molecule has 0 bridgehead atoms. The van der Waals surface area contributed by atoms with Gasteiger partial charge in [-0.3, -0.25) is 4.79 Å². The van der Waals surface area contributed by atoms with Crippen LogP contribution in [-0.2, 0) is 30.2 Å². The summed E-state index contributed by atoms with van der Waals surface area (Å²) in [6.45, 7) is 8.13. The number of amides is 2. The van der Waals surface area contributed by atoms with Crippen molar-refractivity contribution in [2.75, 3.05) is 65.8 Å². The molecule has 1 unspecified atom stereocenters. The van der Waals surface area contributed by atoms with Crippen LogP contribution in [0.3, 0.4) is 0 Å². The van der Waals surface area contributed by atoms with E-state index in [1.54, 1.807) is 4.90 Å². The van der Waals surface area contributed by atoms with Gasteiger partial charge in [0, 0.05) is 39.1 Å². The first-order valence-corrected chi connectivity index (χ1v) is 12.5. The first-order chi connectivity index (χ1) is 17.3. The summed E-state index contributed by atoms with van der Waals surface area (Å²) in [5.74, 6) is -0.269. The van der Waals surface area contributed by atoms with Crippen LogP contribution in [0.15, 0.2) is 24.3 Å². The van der Waals surface area contributed by atoms with Crippen molar-refractivity contribution in [3.05, 3.63) is 29.8 Å². The zero-order valence-electron chi connectivity index (χ0n) is 21.2. The number of hydrogen-bond acceptors (Lipinski definition) is 9. The Morgan fingerprint density at radius 3 is 2.64 bits per heavy atom. The van der Waals surface area contributed by atoms with Crippen LogP contribution in [0.1, 0.15) is 25.8 Å². The minimum Gasteiger partial charge on any atom is -0.491 e. The number of carbonyl (C=O) groups excluding carboxylic acids is 2. The van der Waals surface area contributed by atoms with Gasteiger partial charge in [0.2, 0.25) is 0 Å². The summed E-state index contributed by atoms with van der Waals surface area (Å²) in [6, 6.07) is 7.31. The maximum absolute atomic E-state index is 12.0. The number of nitrogens with zero attached hydrogens (tertiary/aromatic N) is 1. The van der Waals surface area contributed by atoms with Gasteiger partial charge >= 0.3 is 12.0 Å². The molecule has 11 nitrogen and oxygen atoms in total.